The number of nitrogens with zero attached hydrogens (tertiary/aromatic N) is 2. The molecule has 3 rings (SSSR count). The molecule has 0 atom stereocenters. The number of ether oxygens (including phenoxy) is 3. The Morgan fingerprint density at radius 3 is 2.25 bits per heavy atom. The molecule has 1 aromatic heterocycles. The quantitative estimate of drug-likeness (QED) is 0.432. The van der Waals surface area contributed by atoms with Crippen LogP contribution in [0.1, 0.15) is 16.1 Å². The Morgan fingerprint density at radius 2 is 1.69 bits per heavy atom. The second-order valence-electron chi connectivity index (χ2n) is 6.49. The van der Waals surface area contributed by atoms with Crippen LogP contribution in [0.4, 0.5) is 10.1 Å². The fourth-order valence-electron chi connectivity index (χ4n) is 2.82. The van der Waals surface area contributed by atoms with Gasteiger partial charge >= 0.3 is 0 Å². The largest absolute Gasteiger partial charge is 0.493 e. The molecule has 0 aliphatic rings. The number of benzene rings is 2. The summed E-state index contributed by atoms with van der Waals surface area (Å²) >= 11 is 0. The molecule has 3 aromatic rings. The number of halogens is 1. The van der Waals surface area contributed by atoms with Crippen LogP contribution in [-0.2, 0) is 6.54 Å². The van der Waals surface area contributed by atoms with Crippen molar-refractivity contribution >= 4 is 17.6 Å². The van der Waals surface area contributed by atoms with Crippen molar-refractivity contribution in [3.63, 3.8) is 0 Å². The molecule has 1 heterocycles. The van der Waals surface area contributed by atoms with E-state index in [0.29, 0.717) is 28.6 Å². The van der Waals surface area contributed by atoms with Crippen molar-refractivity contribution in [1.29, 1.82) is 0 Å². The van der Waals surface area contributed by atoms with Crippen molar-refractivity contribution < 1.29 is 23.4 Å². The van der Waals surface area contributed by atoms with Crippen LogP contribution in [0.2, 0.25) is 0 Å². The number of amides is 1. The summed E-state index contributed by atoms with van der Waals surface area (Å²) in [6.07, 6.45) is 1.66. The van der Waals surface area contributed by atoms with Crippen LogP contribution in [0.3, 0.4) is 0 Å². The van der Waals surface area contributed by atoms with Gasteiger partial charge in [0, 0.05) is 17.4 Å². The summed E-state index contributed by atoms with van der Waals surface area (Å²) in [7, 11) is 4.42. The van der Waals surface area contributed by atoms with Crippen LogP contribution >= 0.6 is 0 Å². The molecule has 0 aliphatic heterocycles. The molecule has 166 valence electrons. The highest BCUT2D eigenvalue weighted by atomic mass is 19.1. The minimum absolute atomic E-state index is 0.168. The van der Waals surface area contributed by atoms with Gasteiger partial charge in [0.2, 0.25) is 11.7 Å². The molecular formula is C23H23FN4O4. The first-order chi connectivity index (χ1) is 15.5. The highest BCUT2D eigenvalue weighted by Crippen LogP contribution is 2.38. The Kier molecular flexibility index (Phi) is 7.58. The van der Waals surface area contributed by atoms with Crippen LogP contribution in [0.25, 0.3) is 0 Å². The average molecular weight is 438 g/mol. The smallest absolute Gasteiger partial charge is 0.258 e. The molecule has 2 aromatic carbocycles. The normalized spacial score (nSPS) is 10.9. The zero-order valence-corrected chi connectivity index (χ0v) is 17.9. The molecule has 1 amide bonds. The lowest BCUT2D eigenvalue weighted by atomic mass is 10.1. The maximum atomic E-state index is 13.3. The van der Waals surface area contributed by atoms with E-state index in [1.807, 2.05) is 12.1 Å². The van der Waals surface area contributed by atoms with E-state index in [-0.39, 0.29) is 23.9 Å². The van der Waals surface area contributed by atoms with Gasteiger partial charge in [0.15, 0.2) is 11.5 Å². The molecule has 9 heteroatoms. The third kappa shape index (κ3) is 5.72. The summed E-state index contributed by atoms with van der Waals surface area (Å²) in [4.78, 5) is 21.6. The first-order valence-corrected chi connectivity index (χ1v) is 9.62. The predicted octanol–water partition coefficient (Wildman–Crippen LogP) is 3.64. The molecule has 0 aliphatic carbocycles. The minimum Gasteiger partial charge on any atom is -0.493 e. The topological polar surface area (TPSA) is 94.1 Å². The van der Waals surface area contributed by atoms with Crippen LogP contribution in [0, 0.1) is 5.82 Å². The summed E-state index contributed by atoms with van der Waals surface area (Å²) in [5, 5.41) is 5.73. The summed E-state index contributed by atoms with van der Waals surface area (Å²) in [6, 6.07) is 14.2. The van der Waals surface area contributed by atoms with Crippen LogP contribution < -0.4 is 24.8 Å². The van der Waals surface area contributed by atoms with E-state index in [2.05, 4.69) is 20.6 Å². The molecule has 0 fully saturated rings. The van der Waals surface area contributed by atoms with E-state index >= 15 is 0 Å². The lowest BCUT2D eigenvalue weighted by Gasteiger charge is -2.15. The molecule has 2 N–H and O–H groups in total. The van der Waals surface area contributed by atoms with Crippen molar-refractivity contribution in [2.24, 2.45) is 4.99 Å². The number of methoxy groups -OCH3 is 3. The first kappa shape index (κ1) is 22.5. The lowest BCUT2D eigenvalue weighted by Crippen LogP contribution is -2.36. The molecule has 8 nitrogen and oxygen atoms in total. The first-order valence-electron chi connectivity index (χ1n) is 9.62. The van der Waals surface area contributed by atoms with Gasteiger partial charge in [-0.3, -0.25) is 15.1 Å². The van der Waals surface area contributed by atoms with E-state index in [9.17, 15) is 9.18 Å². The molecule has 0 spiro atoms. The van der Waals surface area contributed by atoms with Gasteiger partial charge < -0.3 is 19.5 Å². The zero-order valence-electron chi connectivity index (χ0n) is 17.9. The number of pyridine rings is 1. The summed E-state index contributed by atoms with van der Waals surface area (Å²) < 4.78 is 29.2. The number of carbonyl (C=O) groups excluding carboxylic acids is 1. The van der Waals surface area contributed by atoms with Crippen molar-refractivity contribution in [2.45, 2.75) is 6.54 Å². The van der Waals surface area contributed by atoms with E-state index in [0.717, 1.165) is 0 Å². The second kappa shape index (κ2) is 10.8. The maximum absolute atomic E-state index is 13.3. The van der Waals surface area contributed by atoms with Gasteiger partial charge in [-0.2, -0.15) is 0 Å². The molecule has 0 bridgehead atoms. The summed E-state index contributed by atoms with van der Waals surface area (Å²) in [6.45, 7) is 0.222. The number of aliphatic imine (C=N–C) groups is 1. The number of hydrogen-bond donors (Lipinski definition) is 2. The minimum atomic E-state index is -0.460. The monoisotopic (exact) mass is 438 g/mol. The number of aromatic nitrogens is 1. The molecule has 0 radical (unpaired) electrons. The van der Waals surface area contributed by atoms with E-state index in [1.54, 1.807) is 12.3 Å². The maximum Gasteiger partial charge on any atom is 0.258 e. The van der Waals surface area contributed by atoms with Crippen molar-refractivity contribution in [2.75, 3.05) is 26.6 Å². The van der Waals surface area contributed by atoms with Gasteiger partial charge in [-0.15, -0.1) is 0 Å². The highest BCUT2D eigenvalue weighted by molar-refractivity contribution is 6.10. The van der Waals surface area contributed by atoms with E-state index in [4.69, 9.17) is 14.2 Å². The van der Waals surface area contributed by atoms with E-state index < -0.39 is 5.91 Å². The van der Waals surface area contributed by atoms with Gasteiger partial charge in [-0.05, 0) is 48.5 Å². The fraction of sp³-hybridized carbons (Fsp3) is 0.174. The number of hydrogen-bond acceptors (Lipinski definition) is 6. The summed E-state index contributed by atoms with van der Waals surface area (Å²) in [5.41, 5.74) is 1.54. The van der Waals surface area contributed by atoms with Gasteiger partial charge in [0.1, 0.15) is 5.82 Å². The van der Waals surface area contributed by atoms with Crippen molar-refractivity contribution in [3.05, 3.63) is 77.9 Å². The molecule has 32 heavy (non-hydrogen) atoms. The molecule has 0 saturated heterocycles. The van der Waals surface area contributed by atoms with Crippen LogP contribution in [0.5, 0.6) is 17.2 Å². The zero-order chi connectivity index (χ0) is 22.9. The SMILES string of the molecule is COc1cc(C(=O)NC(=NCc2ccccn2)Nc2ccc(F)cc2)cc(OC)c1OC. The third-order valence-electron chi connectivity index (χ3n) is 4.39. The van der Waals surface area contributed by atoms with E-state index in [1.165, 1.54) is 57.7 Å². The van der Waals surface area contributed by atoms with Gasteiger partial charge in [-0.25, -0.2) is 9.38 Å². The Hall–Kier alpha value is -4.14. The molecular weight excluding hydrogens is 415 g/mol. The predicted molar refractivity (Wildman–Crippen MR) is 119 cm³/mol. The van der Waals surface area contributed by atoms with Crippen LogP contribution in [0.15, 0.2) is 65.8 Å². The Morgan fingerprint density at radius 1 is 1.00 bits per heavy atom. The summed E-state index contributed by atoms with van der Waals surface area (Å²) in [5.74, 6) is 0.398. The number of anilines is 1. The number of nitrogens with one attached hydrogen (secondary N) is 2. The molecule has 0 unspecified atom stereocenters. The van der Waals surface area contributed by atoms with Crippen molar-refractivity contribution in [3.8, 4) is 17.2 Å². The number of rotatable bonds is 7. The highest BCUT2D eigenvalue weighted by Gasteiger charge is 2.18. The Labute approximate surface area is 185 Å². The molecule has 0 saturated carbocycles. The average Bonchev–Trinajstić information content (AvgIpc) is 2.83. The fourth-order valence-corrected chi connectivity index (χ4v) is 2.82. The van der Waals surface area contributed by atoms with Crippen molar-refractivity contribution in [1.82, 2.24) is 10.3 Å². The second-order valence-corrected chi connectivity index (χ2v) is 6.49. The standard InChI is InChI=1S/C23H23FN4O4/c1-30-19-12-15(13-20(31-2)21(19)32-3)22(29)28-23(26-14-18-6-4-5-11-25-18)27-17-9-7-16(24)8-10-17/h4-13H,14H2,1-3H3,(H2,26,27,28,29). The third-order valence-corrected chi connectivity index (χ3v) is 4.39. The van der Waals surface area contributed by atoms with Gasteiger partial charge in [0.05, 0.1) is 33.6 Å². The Balaban J connectivity index is 1.87. The Bertz CT molecular complexity index is 1060. The number of carbonyl (C=O) groups is 1. The number of guanidine groups is 1. The van der Waals surface area contributed by atoms with Gasteiger partial charge in [0.25, 0.3) is 5.91 Å². The van der Waals surface area contributed by atoms with Crippen LogP contribution in [-0.4, -0.2) is 38.2 Å². The lowest BCUT2D eigenvalue weighted by molar-refractivity contribution is 0.0976. The van der Waals surface area contributed by atoms with Gasteiger partial charge in [-0.1, -0.05) is 6.07 Å².